The van der Waals surface area contributed by atoms with Crippen LogP contribution in [0.1, 0.15) is 24.0 Å². The second-order valence-electron chi connectivity index (χ2n) is 5.29. The average Bonchev–Trinajstić information content (AvgIpc) is 2.58. The molecule has 138 valence electrons. The zero-order chi connectivity index (χ0) is 19.1. The number of ether oxygens (including phenoxy) is 2. The summed E-state index contributed by atoms with van der Waals surface area (Å²) >= 11 is 23.6. The first-order chi connectivity index (χ1) is 12.3. The molecular formula is C18H14Cl4O4. The van der Waals surface area contributed by atoms with E-state index in [2.05, 4.69) is 0 Å². The lowest BCUT2D eigenvalue weighted by Gasteiger charge is -2.08. The van der Waals surface area contributed by atoms with E-state index in [9.17, 15) is 9.59 Å². The van der Waals surface area contributed by atoms with E-state index in [-0.39, 0.29) is 26.1 Å². The molecule has 0 spiro atoms. The van der Waals surface area contributed by atoms with E-state index in [1.165, 1.54) is 0 Å². The van der Waals surface area contributed by atoms with Gasteiger partial charge in [-0.3, -0.25) is 9.59 Å². The van der Waals surface area contributed by atoms with E-state index in [0.717, 1.165) is 0 Å². The predicted molar refractivity (Wildman–Crippen MR) is 102 cm³/mol. The standard InChI is InChI=1S/C18H14Cl4O4/c19-13-3-1-11(15(21)7-13)9-25-17(23)5-6-18(24)26-10-12-2-4-14(20)8-16(12)22/h1-4,7-8H,5-6,9-10H2. The maximum absolute atomic E-state index is 11.7. The molecule has 0 amide bonds. The van der Waals surface area contributed by atoms with Crippen molar-refractivity contribution in [2.45, 2.75) is 26.1 Å². The summed E-state index contributed by atoms with van der Waals surface area (Å²) in [7, 11) is 0. The highest BCUT2D eigenvalue weighted by Gasteiger charge is 2.12. The lowest BCUT2D eigenvalue weighted by Crippen LogP contribution is -2.10. The number of halogens is 4. The molecule has 0 saturated heterocycles. The van der Waals surface area contributed by atoms with Crippen molar-refractivity contribution in [2.75, 3.05) is 0 Å². The van der Waals surface area contributed by atoms with Crippen LogP contribution in [0.3, 0.4) is 0 Å². The van der Waals surface area contributed by atoms with Crippen molar-refractivity contribution in [3.8, 4) is 0 Å². The van der Waals surface area contributed by atoms with Crippen LogP contribution in [-0.4, -0.2) is 11.9 Å². The van der Waals surface area contributed by atoms with Gasteiger partial charge in [-0.15, -0.1) is 0 Å². The van der Waals surface area contributed by atoms with Gasteiger partial charge in [0.15, 0.2) is 0 Å². The third-order valence-electron chi connectivity index (χ3n) is 3.34. The van der Waals surface area contributed by atoms with Crippen LogP contribution >= 0.6 is 46.4 Å². The predicted octanol–water partition coefficient (Wildman–Crippen LogP) is 5.87. The molecule has 0 saturated carbocycles. The molecule has 0 bridgehead atoms. The fraction of sp³-hybridized carbons (Fsp3) is 0.222. The van der Waals surface area contributed by atoms with E-state index in [4.69, 9.17) is 55.9 Å². The molecule has 0 N–H and O–H groups in total. The lowest BCUT2D eigenvalue weighted by atomic mass is 10.2. The normalized spacial score (nSPS) is 10.5. The van der Waals surface area contributed by atoms with Gasteiger partial charge in [-0.2, -0.15) is 0 Å². The molecule has 0 radical (unpaired) electrons. The number of hydrogen-bond acceptors (Lipinski definition) is 4. The minimum Gasteiger partial charge on any atom is -0.461 e. The van der Waals surface area contributed by atoms with E-state index < -0.39 is 11.9 Å². The van der Waals surface area contributed by atoms with Crippen molar-refractivity contribution >= 4 is 58.3 Å². The van der Waals surface area contributed by atoms with Gasteiger partial charge in [0.25, 0.3) is 0 Å². The Kier molecular flexibility index (Phi) is 8.04. The maximum Gasteiger partial charge on any atom is 0.306 e. The second-order valence-corrected chi connectivity index (χ2v) is 6.98. The van der Waals surface area contributed by atoms with E-state index >= 15 is 0 Å². The topological polar surface area (TPSA) is 52.6 Å². The number of esters is 2. The molecule has 2 aromatic rings. The highest BCUT2D eigenvalue weighted by atomic mass is 35.5. The zero-order valence-corrected chi connectivity index (χ0v) is 16.5. The molecule has 2 rings (SSSR count). The van der Waals surface area contributed by atoms with E-state index in [1.54, 1.807) is 36.4 Å². The molecule has 0 aromatic heterocycles. The Morgan fingerprint density at radius 1 is 0.692 bits per heavy atom. The van der Waals surface area contributed by atoms with Crippen molar-refractivity contribution in [3.63, 3.8) is 0 Å². The molecule has 0 aliphatic rings. The van der Waals surface area contributed by atoms with Crippen LogP contribution in [0.4, 0.5) is 0 Å². The summed E-state index contributed by atoms with van der Waals surface area (Å²) in [6.07, 6.45) is -0.198. The van der Waals surface area contributed by atoms with Gasteiger partial charge >= 0.3 is 11.9 Å². The van der Waals surface area contributed by atoms with E-state index in [0.29, 0.717) is 31.2 Å². The highest BCUT2D eigenvalue weighted by molar-refractivity contribution is 6.35. The summed E-state index contributed by atoms with van der Waals surface area (Å²) in [5, 5.41) is 1.80. The quantitative estimate of drug-likeness (QED) is 0.510. The molecule has 0 aliphatic heterocycles. The Hall–Kier alpha value is -1.46. The minimum absolute atomic E-state index is 0.00423. The SMILES string of the molecule is O=C(CCC(=O)OCc1ccc(Cl)cc1Cl)OCc1ccc(Cl)cc1Cl. The number of carbonyl (C=O) groups is 2. The number of hydrogen-bond donors (Lipinski definition) is 0. The zero-order valence-electron chi connectivity index (χ0n) is 13.4. The van der Waals surface area contributed by atoms with Gasteiger partial charge in [-0.05, 0) is 24.3 Å². The summed E-state index contributed by atoms with van der Waals surface area (Å²) in [6, 6.07) is 9.76. The van der Waals surface area contributed by atoms with Gasteiger partial charge in [0, 0.05) is 31.2 Å². The van der Waals surface area contributed by atoms with Crippen LogP contribution in [-0.2, 0) is 32.3 Å². The van der Waals surface area contributed by atoms with Gasteiger partial charge in [0.1, 0.15) is 13.2 Å². The van der Waals surface area contributed by atoms with Crippen LogP contribution in [0.5, 0.6) is 0 Å². The Bertz CT molecular complexity index is 740. The molecule has 26 heavy (non-hydrogen) atoms. The summed E-state index contributed by atoms with van der Waals surface area (Å²) in [6.45, 7) is 0.00846. The second kappa shape index (κ2) is 10.0. The fourth-order valence-electron chi connectivity index (χ4n) is 1.94. The van der Waals surface area contributed by atoms with Crippen molar-refractivity contribution in [1.29, 1.82) is 0 Å². The Morgan fingerprint density at radius 3 is 1.42 bits per heavy atom. The van der Waals surface area contributed by atoms with Gasteiger partial charge < -0.3 is 9.47 Å². The first-order valence-electron chi connectivity index (χ1n) is 7.54. The van der Waals surface area contributed by atoms with Crippen LogP contribution in [0.2, 0.25) is 20.1 Å². The monoisotopic (exact) mass is 434 g/mol. The average molecular weight is 436 g/mol. The minimum atomic E-state index is -0.530. The van der Waals surface area contributed by atoms with Gasteiger partial charge in [-0.1, -0.05) is 58.5 Å². The molecule has 0 unspecified atom stereocenters. The largest absolute Gasteiger partial charge is 0.461 e. The number of carbonyl (C=O) groups excluding carboxylic acids is 2. The molecule has 0 atom stereocenters. The summed E-state index contributed by atoms with van der Waals surface area (Å²) in [4.78, 5) is 23.5. The molecule has 2 aromatic carbocycles. The molecule has 0 aliphatic carbocycles. The van der Waals surface area contributed by atoms with Crippen molar-refractivity contribution in [3.05, 3.63) is 67.6 Å². The summed E-state index contributed by atoms with van der Waals surface area (Å²) < 4.78 is 10.2. The van der Waals surface area contributed by atoms with Gasteiger partial charge in [0.05, 0.1) is 12.8 Å². The van der Waals surface area contributed by atoms with Gasteiger partial charge in [0.2, 0.25) is 0 Å². The Balaban J connectivity index is 1.72. The van der Waals surface area contributed by atoms with Crippen LogP contribution in [0, 0.1) is 0 Å². The van der Waals surface area contributed by atoms with Crippen LogP contribution < -0.4 is 0 Å². The van der Waals surface area contributed by atoms with Crippen molar-refractivity contribution in [1.82, 2.24) is 0 Å². The Morgan fingerprint density at radius 2 is 1.08 bits per heavy atom. The first kappa shape index (κ1) is 20.8. The lowest BCUT2D eigenvalue weighted by molar-refractivity contribution is -0.151. The van der Waals surface area contributed by atoms with Crippen LogP contribution in [0.25, 0.3) is 0 Å². The molecule has 0 heterocycles. The fourth-order valence-corrected chi connectivity index (χ4v) is 2.87. The number of rotatable bonds is 7. The smallest absolute Gasteiger partial charge is 0.306 e. The summed E-state index contributed by atoms with van der Waals surface area (Å²) in [5.41, 5.74) is 1.26. The third-order valence-corrected chi connectivity index (χ3v) is 4.51. The molecule has 8 heteroatoms. The molecule has 4 nitrogen and oxygen atoms in total. The number of benzene rings is 2. The summed E-state index contributed by atoms with van der Waals surface area (Å²) in [5.74, 6) is -1.06. The third kappa shape index (κ3) is 6.69. The maximum atomic E-state index is 11.7. The van der Waals surface area contributed by atoms with Crippen molar-refractivity contribution in [2.24, 2.45) is 0 Å². The highest BCUT2D eigenvalue weighted by Crippen LogP contribution is 2.23. The first-order valence-corrected chi connectivity index (χ1v) is 9.05. The molecular weight excluding hydrogens is 422 g/mol. The van der Waals surface area contributed by atoms with Crippen LogP contribution in [0.15, 0.2) is 36.4 Å². The van der Waals surface area contributed by atoms with Crippen molar-refractivity contribution < 1.29 is 19.1 Å². The van der Waals surface area contributed by atoms with Gasteiger partial charge in [-0.25, -0.2) is 0 Å². The van der Waals surface area contributed by atoms with E-state index in [1.807, 2.05) is 0 Å². The molecule has 0 fully saturated rings. The Labute approximate surface area is 170 Å².